The fourth-order valence-electron chi connectivity index (χ4n) is 2.74. The number of halogens is 2. The van der Waals surface area contributed by atoms with Crippen LogP contribution in [0.25, 0.3) is 0 Å². The van der Waals surface area contributed by atoms with Crippen molar-refractivity contribution in [3.63, 3.8) is 0 Å². The number of carbonyl (C=O) groups is 3. The Morgan fingerprint density at radius 3 is 2.28 bits per heavy atom. The average Bonchev–Trinajstić information content (AvgIpc) is 2.95. The average molecular weight is 437 g/mol. The standard InChI is InChI=1S/C19H18Cl2N4O4/c1-18(2,3)14-12(15-23-16(27)19(4,5)17(28)25(15)24-14)22-9-6-10(20)13(29-8-26)11(21)7-9/h6-8H,1-5H3/b22-12-. The number of amides is 2. The second-order valence-corrected chi connectivity index (χ2v) is 8.91. The highest BCUT2D eigenvalue weighted by atomic mass is 35.5. The van der Waals surface area contributed by atoms with Crippen LogP contribution >= 0.6 is 23.2 Å². The van der Waals surface area contributed by atoms with Gasteiger partial charge in [0.1, 0.15) is 11.1 Å². The van der Waals surface area contributed by atoms with Gasteiger partial charge < -0.3 is 4.74 Å². The molecule has 2 amide bonds. The van der Waals surface area contributed by atoms with E-state index in [0.717, 1.165) is 5.01 Å². The highest BCUT2D eigenvalue weighted by Gasteiger charge is 2.50. The molecule has 3 rings (SSSR count). The van der Waals surface area contributed by atoms with E-state index >= 15 is 0 Å². The molecule has 152 valence electrons. The summed E-state index contributed by atoms with van der Waals surface area (Å²) in [4.78, 5) is 44.4. The lowest BCUT2D eigenvalue weighted by atomic mass is 9.86. The molecule has 0 atom stereocenters. The van der Waals surface area contributed by atoms with Crippen LogP contribution in [0.5, 0.6) is 5.75 Å². The second-order valence-electron chi connectivity index (χ2n) is 8.09. The number of benzene rings is 1. The number of nitrogens with zero attached hydrogens (tertiary/aromatic N) is 4. The van der Waals surface area contributed by atoms with Crippen LogP contribution in [0.2, 0.25) is 10.0 Å². The number of carbonyl (C=O) groups excluding carboxylic acids is 3. The normalized spacial score (nSPS) is 19.8. The molecule has 0 spiro atoms. The number of ether oxygens (including phenoxy) is 1. The predicted octanol–water partition coefficient (Wildman–Crippen LogP) is 3.81. The summed E-state index contributed by atoms with van der Waals surface area (Å²) in [5.74, 6) is -0.986. The van der Waals surface area contributed by atoms with Gasteiger partial charge in [-0.15, -0.1) is 0 Å². The zero-order chi connectivity index (χ0) is 21.7. The Morgan fingerprint density at radius 1 is 1.17 bits per heavy atom. The summed E-state index contributed by atoms with van der Waals surface area (Å²) in [5, 5.41) is 5.68. The summed E-state index contributed by atoms with van der Waals surface area (Å²) in [5.41, 5.74) is -0.743. The molecule has 0 radical (unpaired) electrons. The summed E-state index contributed by atoms with van der Waals surface area (Å²) in [7, 11) is 0. The van der Waals surface area contributed by atoms with Gasteiger partial charge in [0.05, 0.1) is 21.4 Å². The van der Waals surface area contributed by atoms with Gasteiger partial charge in [-0.2, -0.15) is 15.1 Å². The van der Waals surface area contributed by atoms with Crippen LogP contribution < -0.4 is 4.74 Å². The Bertz CT molecular complexity index is 1010. The molecular formula is C19H18Cl2N4O4. The summed E-state index contributed by atoms with van der Waals surface area (Å²) in [6, 6.07) is 2.89. The first-order valence-corrected chi connectivity index (χ1v) is 9.39. The van der Waals surface area contributed by atoms with Crippen molar-refractivity contribution < 1.29 is 19.1 Å². The number of hydrogen-bond donors (Lipinski definition) is 0. The smallest absolute Gasteiger partial charge is 0.298 e. The molecule has 0 unspecified atom stereocenters. The molecule has 0 aliphatic carbocycles. The second kappa shape index (κ2) is 7.03. The summed E-state index contributed by atoms with van der Waals surface area (Å²) < 4.78 is 4.77. The largest absolute Gasteiger partial charge is 0.426 e. The van der Waals surface area contributed by atoms with Gasteiger partial charge in [0.15, 0.2) is 11.6 Å². The van der Waals surface area contributed by atoms with Crippen molar-refractivity contribution in [1.29, 1.82) is 0 Å². The lowest BCUT2D eigenvalue weighted by Gasteiger charge is -2.28. The van der Waals surface area contributed by atoms with Crippen LogP contribution in [0.1, 0.15) is 34.6 Å². The Kier molecular flexibility index (Phi) is 5.13. The fourth-order valence-corrected chi connectivity index (χ4v) is 3.31. The molecule has 2 heterocycles. The minimum atomic E-state index is -1.31. The first-order chi connectivity index (χ1) is 13.4. The third-order valence-corrected chi connectivity index (χ3v) is 4.97. The molecule has 0 fully saturated rings. The number of amidine groups is 1. The molecule has 2 aliphatic heterocycles. The summed E-state index contributed by atoms with van der Waals surface area (Å²) in [6.45, 7) is 8.93. The van der Waals surface area contributed by atoms with E-state index in [1.165, 1.54) is 26.0 Å². The molecular weight excluding hydrogens is 419 g/mol. The summed E-state index contributed by atoms with van der Waals surface area (Å²) in [6.07, 6.45) is 0. The molecule has 8 nitrogen and oxygen atoms in total. The van der Waals surface area contributed by atoms with Gasteiger partial charge in [-0.05, 0) is 26.0 Å². The molecule has 0 N–H and O–H groups in total. The Morgan fingerprint density at radius 2 is 1.76 bits per heavy atom. The van der Waals surface area contributed by atoms with Crippen LogP contribution in [0.4, 0.5) is 5.69 Å². The van der Waals surface area contributed by atoms with Crippen LogP contribution in [0.15, 0.2) is 27.2 Å². The van der Waals surface area contributed by atoms with Crippen LogP contribution in [-0.4, -0.2) is 40.6 Å². The maximum atomic E-state index is 12.8. The van der Waals surface area contributed by atoms with E-state index in [0.29, 0.717) is 11.4 Å². The van der Waals surface area contributed by atoms with Gasteiger partial charge in [-0.1, -0.05) is 44.0 Å². The zero-order valence-corrected chi connectivity index (χ0v) is 17.9. The highest BCUT2D eigenvalue weighted by Crippen LogP contribution is 2.38. The molecule has 0 saturated carbocycles. The van der Waals surface area contributed by atoms with E-state index in [4.69, 9.17) is 27.9 Å². The van der Waals surface area contributed by atoms with E-state index in [-0.39, 0.29) is 33.8 Å². The van der Waals surface area contributed by atoms with E-state index in [1.807, 2.05) is 20.8 Å². The van der Waals surface area contributed by atoms with Crippen molar-refractivity contribution in [2.45, 2.75) is 34.6 Å². The SMILES string of the molecule is CC(C)(C)C1=NN2C(=O)C(C)(C)C(=O)N=C2/C1=N\c1cc(Cl)c(OC=O)c(Cl)c1. The minimum absolute atomic E-state index is 0.00663. The number of aliphatic imine (C=N–C) groups is 2. The van der Waals surface area contributed by atoms with E-state index < -0.39 is 22.6 Å². The fraction of sp³-hybridized carbons (Fsp3) is 0.368. The maximum Gasteiger partial charge on any atom is 0.298 e. The molecule has 29 heavy (non-hydrogen) atoms. The zero-order valence-electron chi connectivity index (χ0n) is 16.4. The monoisotopic (exact) mass is 436 g/mol. The number of rotatable bonds is 3. The van der Waals surface area contributed by atoms with Crippen molar-refractivity contribution in [1.82, 2.24) is 5.01 Å². The molecule has 2 aliphatic rings. The van der Waals surface area contributed by atoms with Crippen LogP contribution in [-0.2, 0) is 14.4 Å². The summed E-state index contributed by atoms with van der Waals surface area (Å²) >= 11 is 12.3. The molecule has 0 aromatic heterocycles. The van der Waals surface area contributed by atoms with Crippen molar-refractivity contribution in [2.24, 2.45) is 25.9 Å². The molecule has 1 aromatic rings. The van der Waals surface area contributed by atoms with E-state index in [2.05, 4.69) is 15.1 Å². The molecule has 0 saturated heterocycles. The highest BCUT2D eigenvalue weighted by molar-refractivity contribution is 6.73. The minimum Gasteiger partial charge on any atom is -0.426 e. The Labute approximate surface area is 177 Å². The molecule has 10 heteroatoms. The van der Waals surface area contributed by atoms with E-state index in [9.17, 15) is 14.4 Å². The maximum absolute atomic E-state index is 12.8. The van der Waals surface area contributed by atoms with Crippen molar-refractivity contribution in [3.05, 3.63) is 22.2 Å². The number of hydrogen-bond acceptors (Lipinski definition) is 6. The molecule has 0 bridgehead atoms. The number of hydrazone groups is 1. The van der Waals surface area contributed by atoms with Gasteiger partial charge >= 0.3 is 0 Å². The Hall–Kier alpha value is -2.58. The first kappa shape index (κ1) is 21.1. The van der Waals surface area contributed by atoms with Crippen molar-refractivity contribution in [2.75, 3.05) is 0 Å². The number of fused-ring (bicyclic) bond motifs is 1. The van der Waals surface area contributed by atoms with Gasteiger partial charge in [-0.25, -0.2) is 4.99 Å². The lowest BCUT2D eigenvalue weighted by molar-refractivity contribution is -0.145. The van der Waals surface area contributed by atoms with Gasteiger partial charge in [0.25, 0.3) is 18.3 Å². The van der Waals surface area contributed by atoms with Crippen molar-refractivity contribution >= 4 is 64.4 Å². The van der Waals surface area contributed by atoms with Crippen molar-refractivity contribution in [3.8, 4) is 5.75 Å². The Balaban J connectivity index is 2.19. The lowest BCUT2D eigenvalue weighted by Crippen LogP contribution is -2.49. The van der Waals surface area contributed by atoms with E-state index in [1.54, 1.807) is 0 Å². The van der Waals surface area contributed by atoms with Gasteiger partial charge in [0, 0.05) is 5.41 Å². The van der Waals surface area contributed by atoms with Crippen LogP contribution in [0.3, 0.4) is 0 Å². The van der Waals surface area contributed by atoms with Gasteiger partial charge in [0.2, 0.25) is 0 Å². The van der Waals surface area contributed by atoms with Crippen LogP contribution in [0, 0.1) is 10.8 Å². The quantitative estimate of drug-likeness (QED) is 0.530. The predicted molar refractivity (Wildman–Crippen MR) is 110 cm³/mol. The van der Waals surface area contributed by atoms with Gasteiger partial charge in [-0.3, -0.25) is 14.4 Å². The third kappa shape index (κ3) is 3.58. The molecule has 1 aromatic carbocycles. The topological polar surface area (TPSA) is 101 Å². The first-order valence-electron chi connectivity index (χ1n) is 8.63. The third-order valence-electron chi connectivity index (χ3n) is 4.41.